The van der Waals surface area contributed by atoms with Crippen LogP contribution < -0.4 is 24.3 Å². The van der Waals surface area contributed by atoms with Crippen molar-refractivity contribution < 1.29 is 23.7 Å². The minimum atomic E-state index is -0.199. The highest BCUT2D eigenvalue weighted by atomic mass is 16.5. The van der Waals surface area contributed by atoms with E-state index in [0.717, 1.165) is 16.8 Å². The van der Waals surface area contributed by atoms with Crippen LogP contribution in [0.3, 0.4) is 0 Å². The molecule has 4 rings (SSSR count). The number of pyridine rings is 1. The number of nitrogens with zero attached hydrogens (tertiary/aromatic N) is 1. The Morgan fingerprint density at radius 3 is 2.33 bits per heavy atom. The maximum Gasteiger partial charge on any atom is 0.255 e. The Morgan fingerprint density at radius 2 is 1.58 bits per heavy atom. The van der Waals surface area contributed by atoms with Crippen molar-refractivity contribution in [2.24, 2.45) is 0 Å². The normalized spacial score (nSPS) is 10.4. The molecule has 1 heterocycles. The maximum absolute atomic E-state index is 12.6. The van der Waals surface area contributed by atoms with Gasteiger partial charge in [-0.05, 0) is 60.2 Å². The molecular weight excluding hydrogens is 456 g/mol. The molecule has 0 aliphatic heterocycles. The lowest BCUT2D eigenvalue weighted by atomic mass is 10.1. The summed E-state index contributed by atoms with van der Waals surface area (Å²) in [7, 11) is 4.82. The number of carbonyl (C=O) groups excluding carboxylic acids is 1. The fourth-order valence-corrected chi connectivity index (χ4v) is 3.67. The van der Waals surface area contributed by atoms with E-state index in [2.05, 4.69) is 10.3 Å². The van der Waals surface area contributed by atoms with Crippen LogP contribution in [-0.2, 0) is 6.42 Å². The topological polar surface area (TPSA) is 78.9 Å². The Balaban J connectivity index is 1.40. The zero-order chi connectivity index (χ0) is 25.3. The van der Waals surface area contributed by atoms with Gasteiger partial charge in [-0.1, -0.05) is 24.3 Å². The summed E-state index contributed by atoms with van der Waals surface area (Å²) in [6.07, 6.45) is 0.694. The van der Waals surface area contributed by atoms with Gasteiger partial charge in [0.2, 0.25) is 5.88 Å². The molecule has 1 N–H and O–H groups in total. The molecule has 4 aromatic rings. The quantitative estimate of drug-likeness (QED) is 0.313. The van der Waals surface area contributed by atoms with Gasteiger partial charge in [0.15, 0.2) is 11.5 Å². The third kappa shape index (κ3) is 6.13. The zero-order valence-electron chi connectivity index (χ0n) is 20.5. The van der Waals surface area contributed by atoms with Crippen LogP contribution in [0.15, 0.2) is 84.9 Å². The summed E-state index contributed by atoms with van der Waals surface area (Å²) in [5.74, 6) is 2.41. The molecule has 0 saturated carbocycles. The Kier molecular flexibility index (Phi) is 8.03. The predicted molar refractivity (Wildman–Crippen MR) is 139 cm³/mol. The fraction of sp³-hybridized carbons (Fsp3) is 0.172. The smallest absolute Gasteiger partial charge is 0.255 e. The van der Waals surface area contributed by atoms with Crippen molar-refractivity contribution >= 4 is 11.6 Å². The second-order valence-electron chi connectivity index (χ2n) is 7.91. The first-order valence-electron chi connectivity index (χ1n) is 11.5. The number of rotatable bonds is 10. The predicted octanol–water partition coefficient (Wildman–Crippen LogP) is 5.65. The molecule has 0 radical (unpaired) electrons. The molecule has 0 atom stereocenters. The molecule has 3 aromatic carbocycles. The number of benzene rings is 3. The lowest BCUT2D eigenvalue weighted by molar-refractivity contribution is 0.102. The highest BCUT2D eigenvalue weighted by Crippen LogP contribution is 2.28. The number of anilines is 1. The van der Waals surface area contributed by atoms with E-state index >= 15 is 0 Å². The second kappa shape index (κ2) is 11.8. The van der Waals surface area contributed by atoms with Gasteiger partial charge in [0.25, 0.3) is 5.91 Å². The van der Waals surface area contributed by atoms with E-state index in [1.807, 2.05) is 60.7 Å². The molecule has 7 heteroatoms. The van der Waals surface area contributed by atoms with E-state index in [4.69, 9.17) is 18.9 Å². The third-order valence-corrected chi connectivity index (χ3v) is 5.58. The van der Waals surface area contributed by atoms with Crippen LogP contribution in [0.5, 0.6) is 23.1 Å². The summed E-state index contributed by atoms with van der Waals surface area (Å²) < 4.78 is 21.7. The molecule has 0 saturated heterocycles. The summed E-state index contributed by atoms with van der Waals surface area (Å²) in [5.41, 5.74) is 3.91. The fourth-order valence-electron chi connectivity index (χ4n) is 3.67. The van der Waals surface area contributed by atoms with Gasteiger partial charge in [0.05, 0.1) is 33.6 Å². The molecule has 0 unspecified atom stereocenters. The lowest BCUT2D eigenvalue weighted by Crippen LogP contribution is -2.11. The van der Waals surface area contributed by atoms with Crippen LogP contribution >= 0.6 is 0 Å². The van der Waals surface area contributed by atoms with E-state index in [9.17, 15) is 4.79 Å². The SMILES string of the molecule is COc1ccc(C(=O)Nc2cccc(-c3cccc(OCCc4ccc(OC)c(OC)c4)n3)c2)cc1. The molecular formula is C29H28N2O5. The van der Waals surface area contributed by atoms with Crippen molar-refractivity contribution in [3.05, 3.63) is 96.1 Å². The molecule has 1 aromatic heterocycles. The number of amides is 1. The monoisotopic (exact) mass is 484 g/mol. The molecule has 0 aliphatic rings. The van der Waals surface area contributed by atoms with E-state index in [-0.39, 0.29) is 5.91 Å². The van der Waals surface area contributed by atoms with Crippen molar-refractivity contribution in [2.45, 2.75) is 6.42 Å². The number of carbonyl (C=O) groups is 1. The van der Waals surface area contributed by atoms with Crippen molar-refractivity contribution in [1.29, 1.82) is 0 Å². The average Bonchev–Trinajstić information content (AvgIpc) is 2.93. The second-order valence-corrected chi connectivity index (χ2v) is 7.91. The Hall–Kier alpha value is -4.52. The van der Waals surface area contributed by atoms with Gasteiger partial charge >= 0.3 is 0 Å². The van der Waals surface area contributed by atoms with E-state index < -0.39 is 0 Å². The molecule has 0 bridgehead atoms. The van der Waals surface area contributed by atoms with Crippen molar-refractivity contribution in [1.82, 2.24) is 4.98 Å². The van der Waals surface area contributed by atoms with Gasteiger partial charge in [-0.2, -0.15) is 0 Å². The number of hydrogen-bond acceptors (Lipinski definition) is 6. The van der Waals surface area contributed by atoms with Gasteiger partial charge in [-0.15, -0.1) is 0 Å². The summed E-state index contributed by atoms with van der Waals surface area (Å²) >= 11 is 0. The largest absolute Gasteiger partial charge is 0.497 e. The van der Waals surface area contributed by atoms with Crippen LogP contribution in [-0.4, -0.2) is 38.8 Å². The molecule has 7 nitrogen and oxygen atoms in total. The Bertz CT molecular complexity index is 1320. The van der Waals surface area contributed by atoms with Gasteiger partial charge < -0.3 is 24.3 Å². The van der Waals surface area contributed by atoms with E-state index in [1.165, 1.54) is 0 Å². The minimum absolute atomic E-state index is 0.199. The third-order valence-electron chi connectivity index (χ3n) is 5.58. The van der Waals surface area contributed by atoms with Gasteiger partial charge in [0.1, 0.15) is 5.75 Å². The molecule has 0 fully saturated rings. The highest BCUT2D eigenvalue weighted by molar-refractivity contribution is 6.04. The highest BCUT2D eigenvalue weighted by Gasteiger charge is 2.09. The number of nitrogens with one attached hydrogen (secondary N) is 1. The lowest BCUT2D eigenvalue weighted by Gasteiger charge is -2.11. The number of hydrogen-bond donors (Lipinski definition) is 1. The van der Waals surface area contributed by atoms with Crippen LogP contribution in [0.25, 0.3) is 11.3 Å². The summed E-state index contributed by atoms with van der Waals surface area (Å²) in [4.78, 5) is 17.3. The Morgan fingerprint density at radius 1 is 0.806 bits per heavy atom. The number of ether oxygens (including phenoxy) is 4. The number of aromatic nitrogens is 1. The van der Waals surface area contributed by atoms with Crippen LogP contribution in [0, 0.1) is 0 Å². The van der Waals surface area contributed by atoms with Crippen molar-refractivity contribution in [2.75, 3.05) is 33.3 Å². The average molecular weight is 485 g/mol. The van der Waals surface area contributed by atoms with Crippen LogP contribution in [0.1, 0.15) is 15.9 Å². The van der Waals surface area contributed by atoms with E-state index in [1.54, 1.807) is 45.6 Å². The van der Waals surface area contributed by atoms with Gasteiger partial charge in [0, 0.05) is 29.3 Å². The van der Waals surface area contributed by atoms with Crippen molar-refractivity contribution in [3.63, 3.8) is 0 Å². The standard InChI is InChI=1S/C29H28N2O5/c1-33-24-13-11-21(12-14-24)29(32)30-23-7-4-6-22(19-23)25-8-5-9-28(31-25)36-17-16-20-10-15-26(34-2)27(18-20)35-3/h4-15,18-19H,16-17H2,1-3H3,(H,30,32). The van der Waals surface area contributed by atoms with Crippen LogP contribution in [0.4, 0.5) is 5.69 Å². The molecule has 184 valence electrons. The van der Waals surface area contributed by atoms with E-state index in [0.29, 0.717) is 47.4 Å². The first-order valence-corrected chi connectivity index (χ1v) is 11.5. The maximum atomic E-state index is 12.6. The summed E-state index contributed by atoms with van der Waals surface area (Å²) in [5, 5.41) is 2.93. The minimum Gasteiger partial charge on any atom is -0.497 e. The molecule has 1 amide bonds. The number of methoxy groups -OCH3 is 3. The zero-order valence-corrected chi connectivity index (χ0v) is 20.5. The Labute approximate surface area is 210 Å². The first kappa shape index (κ1) is 24.6. The van der Waals surface area contributed by atoms with Crippen LogP contribution in [0.2, 0.25) is 0 Å². The summed E-state index contributed by atoms with van der Waals surface area (Å²) in [6.45, 7) is 0.462. The molecule has 36 heavy (non-hydrogen) atoms. The first-order chi connectivity index (χ1) is 17.6. The van der Waals surface area contributed by atoms with Crippen molar-refractivity contribution in [3.8, 4) is 34.4 Å². The summed E-state index contributed by atoms with van der Waals surface area (Å²) in [6, 6.07) is 26.0. The molecule has 0 spiro atoms. The van der Waals surface area contributed by atoms with Gasteiger partial charge in [-0.25, -0.2) is 4.98 Å². The molecule has 0 aliphatic carbocycles. The van der Waals surface area contributed by atoms with Gasteiger partial charge in [-0.3, -0.25) is 4.79 Å².